The van der Waals surface area contributed by atoms with E-state index in [2.05, 4.69) is 80.6 Å². The smallest absolute Gasteiger partial charge is 0.0346 e. The summed E-state index contributed by atoms with van der Waals surface area (Å²) in [6.07, 6.45) is 0. The van der Waals surface area contributed by atoms with Crippen LogP contribution in [0.4, 0.5) is 0 Å². The van der Waals surface area contributed by atoms with Crippen LogP contribution >= 0.6 is 11.3 Å². The first-order valence-corrected chi connectivity index (χ1v) is 8.27. The van der Waals surface area contributed by atoms with Crippen molar-refractivity contribution in [3.8, 4) is 10.4 Å². The molecule has 0 fully saturated rings. The van der Waals surface area contributed by atoms with Crippen molar-refractivity contribution >= 4 is 11.3 Å². The Morgan fingerprint density at radius 2 is 1.76 bits per heavy atom. The highest BCUT2D eigenvalue weighted by Crippen LogP contribution is 2.27. The molecule has 0 spiro atoms. The summed E-state index contributed by atoms with van der Waals surface area (Å²) in [5, 5.41) is 3.60. The lowest BCUT2D eigenvalue weighted by Gasteiger charge is -2.28. The summed E-state index contributed by atoms with van der Waals surface area (Å²) in [7, 11) is 4.26. The lowest BCUT2D eigenvalue weighted by molar-refractivity contribution is 0.232. The Hall–Kier alpha value is -1.16. The molecule has 1 aromatic carbocycles. The Bertz CT molecular complexity index is 543. The van der Waals surface area contributed by atoms with Crippen molar-refractivity contribution in [2.45, 2.75) is 20.4 Å². The molecule has 0 radical (unpaired) electrons. The largest absolute Gasteiger partial charge is 0.311 e. The molecule has 2 rings (SSSR count). The molecule has 1 heterocycles. The van der Waals surface area contributed by atoms with Gasteiger partial charge in [-0.25, -0.2) is 0 Å². The molecule has 114 valence electrons. The van der Waals surface area contributed by atoms with Crippen molar-refractivity contribution in [2.75, 3.05) is 27.2 Å². The molecule has 2 aromatic rings. The Morgan fingerprint density at radius 3 is 2.43 bits per heavy atom. The summed E-state index contributed by atoms with van der Waals surface area (Å²) in [6.45, 7) is 7.70. The van der Waals surface area contributed by atoms with Crippen LogP contribution in [0.1, 0.15) is 18.7 Å². The first-order chi connectivity index (χ1) is 9.96. The second kappa shape index (κ2) is 7.21. The van der Waals surface area contributed by atoms with Crippen molar-refractivity contribution in [3.63, 3.8) is 0 Å². The molecule has 21 heavy (non-hydrogen) atoms. The predicted molar refractivity (Wildman–Crippen MR) is 93.8 cm³/mol. The summed E-state index contributed by atoms with van der Waals surface area (Å²) >= 11 is 1.88. The van der Waals surface area contributed by atoms with E-state index in [1.165, 1.54) is 15.3 Å². The zero-order valence-corrected chi connectivity index (χ0v) is 14.3. The molecule has 1 aromatic heterocycles. The van der Waals surface area contributed by atoms with Gasteiger partial charge in [0.1, 0.15) is 0 Å². The van der Waals surface area contributed by atoms with Crippen molar-refractivity contribution in [2.24, 2.45) is 5.41 Å². The average Bonchev–Trinajstić information content (AvgIpc) is 2.87. The number of nitrogens with one attached hydrogen (secondary N) is 1. The fraction of sp³-hybridized carbons (Fsp3) is 0.444. The van der Waals surface area contributed by atoms with Crippen LogP contribution in [0, 0.1) is 5.41 Å². The van der Waals surface area contributed by atoms with Crippen LogP contribution in [0.5, 0.6) is 0 Å². The number of hydrogen-bond donors (Lipinski definition) is 1. The number of benzene rings is 1. The number of hydrogen-bond acceptors (Lipinski definition) is 3. The first kappa shape index (κ1) is 16.2. The van der Waals surface area contributed by atoms with Gasteiger partial charge in [0.2, 0.25) is 0 Å². The van der Waals surface area contributed by atoms with Crippen LogP contribution in [0.2, 0.25) is 0 Å². The van der Waals surface area contributed by atoms with Crippen LogP contribution < -0.4 is 5.32 Å². The average molecular weight is 302 g/mol. The molecule has 0 aliphatic heterocycles. The molecule has 0 atom stereocenters. The van der Waals surface area contributed by atoms with Crippen LogP contribution in [0.25, 0.3) is 10.4 Å². The minimum Gasteiger partial charge on any atom is -0.311 e. The highest BCUT2D eigenvalue weighted by atomic mass is 32.1. The fourth-order valence-electron chi connectivity index (χ4n) is 2.67. The molecular weight excluding hydrogens is 276 g/mol. The number of rotatable bonds is 7. The highest BCUT2D eigenvalue weighted by molar-refractivity contribution is 7.15. The van der Waals surface area contributed by atoms with Gasteiger partial charge in [0.05, 0.1) is 0 Å². The molecule has 0 bridgehead atoms. The van der Waals surface area contributed by atoms with Gasteiger partial charge in [0, 0.05) is 29.4 Å². The summed E-state index contributed by atoms with van der Waals surface area (Å²) in [6, 6.07) is 15.0. The summed E-state index contributed by atoms with van der Waals surface area (Å²) < 4.78 is 0. The quantitative estimate of drug-likeness (QED) is 0.828. The molecule has 0 saturated carbocycles. The highest BCUT2D eigenvalue weighted by Gasteiger charge is 2.18. The van der Waals surface area contributed by atoms with Crippen LogP contribution in [-0.2, 0) is 6.54 Å². The second-order valence-electron chi connectivity index (χ2n) is 6.64. The van der Waals surface area contributed by atoms with E-state index in [0.717, 1.165) is 19.6 Å². The first-order valence-electron chi connectivity index (χ1n) is 7.46. The van der Waals surface area contributed by atoms with Gasteiger partial charge in [0.15, 0.2) is 0 Å². The van der Waals surface area contributed by atoms with E-state index in [9.17, 15) is 0 Å². The molecule has 3 heteroatoms. The minimum atomic E-state index is 0.295. The van der Waals surface area contributed by atoms with E-state index in [1.54, 1.807) is 0 Å². The molecule has 0 amide bonds. The van der Waals surface area contributed by atoms with Crippen molar-refractivity contribution < 1.29 is 0 Å². The summed E-state index contributed by atoms with van der Waals surface area (Å²) in [5.74, 6) is 0. The molecule has 0 saturated heterocycles. The van der Waals surface area contributed by atoms with E-state index < -0.39 is 0 Å². The Balaban J connectivity index is 1.86. The van der Waals surface area contributed by atoms with E-state index in [1.807, 2.05) is 11.3 Å². The lowest BCUT2D eigenvalue weighted by atomic mass is 9.93. The summed E-state index contributed by atoms with van der Waals surface area (Å²) in [5.41, 5.74) is 1.60. The van der Waals surface area contributed by atoms with Gasteiger partial charge in [-0.05, 0) is 37.2 Å². The Morgan fingerprint density at radius 1 is 1.05 bits per heavy atom. The van der Waals surface area contributed by atoms with E-state index in [0.29, 0.717) is 5.41 Å². The molecule has 0 aliphatic carbocycles. The van der Waals surface area contributed by atoms with Gasteiger partial charge >= 0.3 is 0 Å². The zero-order valence-electron chi connectivity index (χ0n) is 13.5. The monoisotopic (exact) mass is 302 g/mol. The van der Waals surface area contributed by atoms with E-state index in [-0.39, 0.29) is 0 Å². The van der Waals surface area contributed by atoms with Gasteiger partial charge in [-0.3, -0.25) is 0 Å². The van der Waals surface area contributed by atoms with Crippen molar-refractivity contribution in [1.82, 2.24) is 10.2 Å². The third kappa shape index (κ3) is 5.27. The van der Waals surface area contributed by atoms with Gasteiger partial charge in [-0.2, -0.15) is 0 Å². The fourth-order valence-corrected chi connectivity index (χ4v) is 3.65. The van der Waals surface area contributed by atoms with Crippen LogP contribution in [0.15, 0.2) is 42.5 Å². The Kier molecular flexibility index (Phi) is 5.57. The van der Waals surface area contributed by atoms with Gasteiger partial charge in [-0.15, -0.1) is 11.3 Å². The third-order valence-electron chi connectivity index (χ3n) is 3.37. The standard InChI is InChI=1S/C18H26N2S/c1-18(2,14-20(3)4)13-19-12-16-10-11-17(21-16)15-8-6-5-7-9-15/h5-11,19H,12-14H2,1-4H3. The maximum absolute atomic E-state index is 3.60. The van der Waals surface area contributed by atoms with Gasteiger partial charge in [0.25, 0.3) is 0 Å². The van der Waals surface area contributed by atoms with Crippen molar-refractivity contribution in [1.29, 1.82) is 0 Å². The molecule has 2 nitrogen and oxygen atoms in total. The van der Waals surface area contributed by atoms with Gasteiger partial charge < -0.3 is 10.2 Å². The number of nitrogens with zero attached hydrogens (tertiary/aromatic N) is 1. The number of thiophene rings is 1. The molecular formula is C18H26N2S. The SMILES string of the molecule is CN(C)CC(C)(C)CNCc1ccc(-c2ccccc2)s1. The molecule has 0 aliphatic rings. The third-order valence-corrected chi connectivity index (χ3v) is 4.50. The lowest BCUT2D eigenvalue weighted by Crippen LogP contribution is -2.37. The van der Waals surface area contributed by atoms with E-state index >= 15 is 0 Å². The van der Waals surface area contributed by atoms with Crippen LogP contribution in [-0.4, -0.2) is 32.1 Å². The van der Waals surface area contributed by atoms with E-state index in [4.69, 9.17) is 0 Å². The molecule has 1 N–H and O–H groups in total. The predicted octanol–water partition coefficient (Wildman–Crippen LogP) is 4.09. The summed E-state index contributed by atoms with van der Waals surface area (Å²) in [4.78, 5) is 5.00. The maximum atomic E-state index is 3.60. The minimum absolute atomic E-state index is 0.295. The van der Waals surface area contributed by atoms with Crippen molar-refractivity contribution in [3.05, 3.63) is 47.3 Å². The maximum Gasteiger partial charge on any atom is 0.0346 e. The topological polar surface area (TPSA) is 15.3 Å². The molecule has 0 unspecified atom stereocenters. The van der Waals surface area contributed by atoms with Gasteiger partial charge in [-0.1, -0.05) is 44.2 Å². The van der Waals surface area contributed by atoms with Crippen LogP contribution in [0.3, 0.4) is 0 Å². The second-order valence-corrected chi connectivity index (χ2v) is 7.81. The zero-order chi connectivity index (χ0) is 15.3. The normalized spacial score (nSPS) is 12.0. The Labute approximate surface area is 132 Å².